The first-order chi connectivity index (χ1) is 16.7. The maximum atomic E-state index is 5.41. The summed E-state index contributed by atoms with van der Waals surface area (Å²) in [5.74, 6) is 5.49. The Morgan fingerprint density at radius 2 is 1.32 bits per heavy atom. The van der Waals surface area contributed by atoms with Gasteiger partial charge < -0.3 is 4.74 Å². The smallest absolute Gasteiger partial charge is 0.0490 e. The summed E-state index contributed by atoms with van der Waals surface area (Å²) in [6.45, 7) is 5.69. The molecule has 3 fully saturated rings. The van der Waals surface area contributed by atoms with Crippen molar-refractivity contribution < 1.29 is 4.74 Å². The Labute approximate surface area is 211 Å². The Balaban J connectivity index is 1.27. The van der Waals surface area contributed by atoms with Gasteiger partial charge in [-0.2, -0.15) is 0 Å². The molecule has 3 saturated carbocycles. The molecule has 0 atom stereocenters. The second-order valence-corrected chi connectivity index (χ2v) is 12.4. The molecular formula is C33H54O. The molecule has 192 valence electrons. The fraction of sp³-hybridized carbons (Fsp3) is 0.818. The molecule has 1 aromatic rings. The molecule has 0 heterocycles. The summed E-state index contributed by atoms with van der Waals surface area (Å²) in [5, 5.41) is 0. The average molecular weight is 467 g/mol. The predicted molar refractivity (Wildman–Crippen MR) is 147 cm³/mol. The van der Waals surface area contributed by atoms with Crippen LogP contribution in [0.15, 0.2) is 18.2 Å². The van der Waals surface area contributed by atoms with Crippen LogP contribution in [0.2, 0.25) is 0 Å². The molecule has 0 unspecified atom stereocenters. The first-order valence-corrected chi connectivity index (χ1v) is 15.3. The van der Waals surface area contributed by atoms with Gasteiger partial charge >= 0.3 is 0 Å². The van der Waals surface area contributed by atoms with Gasteiger partial charge in [0.05, 0.1) is 0 Å². The molecule has 34 heavy (non-hydrogen) atoms. The lowest BCUT2D eigenvalue weighted by atomic mass is 9.68. The maximum Gasteiger partial charge on any atom is 0.0490 e. The molecule has 0 spiro atoms. The standard InChI is InChI=1S/C33H54O/c1-4-6-7-8-25-9-15-31(16-10-25)33-22-21-32(23-27(33)5-2)30-19-17-29(18-20-30)28-13-11-26(12-14-28)24-34-3/h21-23,25-26,28-31H,4-20,24H2,1-3H3. The summed E-state index contributed by atoms with van der Waals surface area (Å²) >= 11 is 0. The SMILES string of the molecule is CCCCCC1CCC(c2ccc(C3CCC(C4CCC(COC)CC4)CC3)cc2CC)CC1. The van der Waals surface area contributed by atoms with E-state index in [1.165, 1.54) is 109 Å². The summed E-state index contributed by atoms with van der Waals surface area (Å²) in [4.78, 5) is 0. The highest BCUT2D eigenvalue weighted by Gasteiger charge is 2.31. The fourth-order valence-corrected chi connectivity index (χ4v) is 8.02. The van der Waals surface area contributed by atoms with Crippen molar-refractivity contribution in [1.29, 1.82) is 0 Å². The zero-order valence-corrected chi connectivity index (χ0v) is 22.8. The van der Waals surface area contributed by atoms with Gasteiger partial charge in [0.15, 0.2) is 0 Å². The highest BCUT2D eigenvalue weighted by molar-refractivity contribution is 5.36. The molecule has 3 aliphatic carbocycles. The van der Waals surface area contributed by atoms with E-state index in [-0.39, 0.29) is 0 Å². The zero-order chi connectivity index (χ0) is 23.8. The average Bonchev–Trinajstić information content (AvgIpc) is 2.90. The van der Waals surface area contributed by atoms with Crippen molar-refractivity contribution in [2.75, 3.05) is 13.7 Å². The minimum atomic E-state index is 0.815. The molecule has 0 N–H and O–H groups in total. The number of hydrogen-bond donors (Lipinski definition) is 0. The molecule has 0 saturated heterocycles. The van der Waals surface area contributed by atoms with Gasteiger partial charge in [0, 0.05) is 13.7 Å². The topological polar surface area (TPSA) is 9.23 Å². The van der Waals surface area contributed by atoms with Crippen molar-refractivity contribution in [3.63, 3.8) is 0 Å². The molecule has 4 rings (SSSR count). The van der Waals surface area contributed by atoms with Gasteiger partial charge in [-0.3, -0.25) is 0 Å². The maximum absolute atomic E-state index is 5.41. The van der Waals surface area contributed by atoms with E-state index in [1.54, 1.807) is 16.7 Å². The van der Waals surface area contributed by atoms with Crippen LogP contribution in [0, 0.1) is 23.7 Å². The second-order valence-electron chi connectivity index (χ2n) is 12.4. The number of benzene rings is 1. The molecule has 1 aromatic carbocycles. The molecule has 0 aromatic heterocycles. The monoisotopic (exact) mass is 466 g/mol. The molecule has 0 radical (unpaired) electrons. The second kappa shape index (κ2) is 13.5. The van der Waals surface area contributed by atoms with Crippen LogP contribution < -0.4 is 0 Å². The van der Waals surface area contributed by atoms with E-state index < -0.39 is 0 Å². The van der Waals surface area contributed by atoms with Gasteiger partial charge in [0.25, 0.3) is 0 Å². The van der Waals surface area contributed by atoms with Crippen LogP contribution >= 0.6 is 0 Å². The van der Waals surface area contributed by atoms with Crippen molar-refractivity contribution in [3.05, 3.63) is 34.9 Å². The Bertz CT molecular complexity index is 699. The normalized spacial score (nSPS) is 32.6. The third kappa shape index (κ3) is 6.89. The quantitative estimate of drug-likeness (QED) is 0.312. The summed E-state index contributed by atoms with van der Waals surface area (Å²) in [5.41, 5.74) is 5.04. The van der Waals surface area contributed by atoms with E-state index in [0.717, 1.165) is 42.1 Å². The summed E-state index contributed by atoms with van der Waals surface area (Å²) in [6, 6.07) is 7.76. The van der Waals surface area contributed by atoms with Crippen molar-refractivity contribution in [3.8, 4) is 0 Å². The van der Waals surface area contributed by atoms with E-state index >= 15 is 0 Å². The predicted octanol–water partition coefficient (Wildman–Crippen LogP) is 9.83. The zero-order valence-electron chi connectivity index (χ0n) is 22.8. The van der Waals surface area contributed by atoms with Gasteiger partial charge in [0.1, 0.15) is 0 Å². The van der Waals surface area contributed by atoms with E-state index in [9.17, 15) is 0 Å². The number of ether oxygens (including phenoxy) is 1. The Kier molecular flexibility index (Phi) is 10.4. The highest BCUT2D eigenvalue weighted by Crippen LogP contribution is 2.45. The number of unbranched alkanes of at least 4 members (excludes halogenated alkanes) is 2. The van der Waals surface area contributed by atoms with Crippen LogP contribution in [-0.2, 0) is 11.2 Å². The van der Waals surface area contributed by atoms with Gasteiger partial charge in [-0.15, -0.1) is 0 Å². The van der Waals surface area contributed by atoms with Gasteiger partial charge in [-0.05, 0) is 136 Å². The lowest BCUT2D eigenvalue weighted by Crippen LogP contribution is -2.26. The van der Waals surface area contributed by atoms with Crippen LogP contribution in [-0.4, -0.2) is 13.7 Å². The van der Waals surface area contributed by atoms with Crippen molar-refractivity contribution in [1.82, 2.24) is 0 Å². The van der Waals surface area contributed by atoms with Gasteiger partial charge in [0.2, 0.25) is 0 Å². The molecular weight excluding hydrogens is 412 g/mol. The van der Waals surface area contributed by atoms with E-state index in [1.807, 2.05) is 7.11 Å². The molecule has 0 aliphatic heterocycles. The third-order valence-electron chi connectivity index (χ3n) is 10.3. The van der Waals surface area contributed by atoms with Crippen LogP contribution in [0.1, 0.15) is 145 Å². The minimum absolute atomic E-state index is 0.815. The van der Waals surface area contributed by atoms with Crippen LogP contribution in [0.25, 0.3) is 0 Å². The molecule has 3 aliphatic rings. The minimum Gasteiger partial charge on any atom is -0.384 e. The van der Waals surface area contributed by atoms with E-state index in [2.05, 4.69) is 32.0 Å². The largest absolute Gasteiger partial charge is 0.384 e. The molecule has 0 bridgehead atoms. The Morgan fingerprint density at radius 3 is 1.94 bits per heavy atom. The summed E-state index contributed by atoms with van der Waals surface area (Å²) < 4.78 is 5.41. The Hall–Kier alpha value is -0.820. The fourth-order valence-electron chi connectivity index (χ4n) is 8.02. The first kappa shape index (κ1) is 26.2. The van der Waals surface area contributed by atoms with Gasteiger partial charge in [-0.25, -0.2) is 0 Å². The lowest BCUT2D eigenvalue weighted by molar-refractivity contribution is 0.0968. The highest BCUT2D eigenvalue weighted by atomic mass is 16.5. The van der Waals surface area contributed by atoms with Crippen molar-refractivity contribution >= 4 is 0 Å². The summed E-state index contributed by atoms with van der Waals surface area (Å²) in [6.07, 6.45) is 24.2. The number of methoxy groups -OCH3 is 1. The molecule has 1 heteroatoms. The van der Waals surface area contributed by atoms with E-state index in [0.29, 0.717) is 0 Å². The van der Waals surface area contributed by atoms with Crippen molar-refractivity contribution in [2.45, 2.75) is 135 Å². The van der Waals surface area contributed by atoms with Crippen molar-refractivity contribution in [2.24, 2.45) is 23.7 Å². The lowest BCUT2D eigenvalue weighted by Gasteiger charge is -2.38. The van der Waals surface area contributed by atoms with Crippen LogP contribution in [0.5, 0.6) is 0 Å². The molecule has 0 amide bonds. The summed E-state index contributed by atoms with van der Waals surface area (Å²) in [7, 11) is 1.86. The number of hydrogen-bond acceptors (Lipinski definition) is 1. The van der Waals surface area contributed by atoms with Gasteiger partial charge in [-0.1, -0.05) is 57.7 Å². The number of aryl methyl sites for hydroxylation is 1. The third-order valence-corrected chi connectivity index (χ3v) is 10.3. The Morgan fingerprint density at radius 1 is 0.706 bits per heavy atom. The van der Waals surface area contributed by atoms with E-state index in [4.69, 9.17) is 4.74 Å². The molecule has 1 nitrogen and oxygen atoms in total. The first-order valence-electron chi connectivity index (χ1n) is 15.3. The van der Waals surface area contributed by atoms with Crippen LogP contribution in [0.3, 0.4) is 0 Å². The van der Waals surface area contributed by atoms with Crippen LogP contribution in [0.4, 0.5) is 0 Å². The number of rotatable bonds is 10.